The van der Waals surface area contributed by atoms with Crippen LogP contribution in [-0.2, 0) is 4.79 Å². The quantitative estimate of drug-likeness (QED) is 0.757. The van der Waals surface area contributed by atoms with Crippen molar-refractivity contribution in [3.63, 3.8) is 0 Å². The van der Waals surface area contributed by atoms with Crippen molar-refractivity contribution in [1.29, 1.82) is 0 Å². The third-order valence-electron chi connectivity index (χ3n) is 1.67. The number of carbonyl (C=O) groups excluding carboxylic acids is 1. The number of rotatable bonds is 3. The number of nitrogens with one attached hydrogen (secondary N) is 1. The zero-order valence-electron chi connectivity index (χ0n) is 7.78. The van der Waals surface area contributed by atoms with Crippen LogP contribution in [0.2, 0.25) is 0 Å². The summed E-state index contributed by atoms with van der Waals surface area (Å²) in [5, 5.41) is 2.52. The summed E-state index contributed by atoms with van der Waals surface area (Å²) in [5.74, 6) is 0.586. The van der Waals surface area contributed by atoms with Gasteiger partial charge in [-0.2, -0.15) is 0 Å². The summed E-state index contributed by atoms with van der Waals surface area (Å²) < 4.78 is 5.35. The van der Waals surface area contributed by atoms with Gasteiger partial charge in [0.2, 0.25) is 0 Å². The van der Waals surface area contributed by atoms with Crippen LogP contribution in [0.5, 0.6) is 5.75 Å². The SMILES string of the molecule is CNC(=O)[C@@H](C)Oc1ccccc1. The second kappa shape index (κ2) is 4.50. The molecule has 0 spiro atoms. The molecule has 0 aliphatic rings. The van der Waals surface area contributed by atoms with Gasteiger partial charge in [-0.25, -0.2) is 0 Å². The first-order valence-corrected chi connectivity index (χ1v) is 4.17. The lowest BCUT2D eigenvalue weighted by Gasteiger charge is -2.12. The van der Waals surface area contributed by atoms with E-state index in [9.17, 15) is 4.79 Å². The maximum Gasteiger partial charge on any atom is 0.260 e. The first-order chi connectivity index (χ1) is 6.24. The van der Waals surface area contributed by atoms with E-state index in [1.165, 1.54) is 0 Å². The van der Waals surface area contributed by atoms with Crippen LogP contribution in [0, 0.1) is 0 Å². The summed E-state index contributed by atoms with van der Waals surface area (Å²) in [6, 6.07) is 9.27. The van der Waals surface area contributed by atoms with Gasteiger partial charge in [0.15, 0.2) is 6.10 Å². The first-order valence-electron chi connectivity index (χ1n) is 4.17. The number of hydrogen-bond acceptors (Lipinski definition) is 2. The number of likely N-dealkylation sites (N-methyl/N-ethyl adjacent to an activating group) is 1. The van der Waals surface area contributed by atoms with Gasteiger partial charge in [-0.05, 0) is 19.1 Å². The number of amides is 1. The molecule has 70 valence electrons. The number of ether oxygens (including phenoxy) is 1. The summed E-state index contributed by atoms with van der Waals surface area (Å²) >= 11 is 0. The maximum atomic E-state index is 11.1. The van der Waals surface area contributed by atoms with E-state index in [-0.39, 0.29) is 5.91 Å². The zero-order chi connectivity index (χ0) is 9.68. The molecular weight excluding hydrogens is 166 g/mol. The molecule has 0 fully saturated rings. The van der Waals surface area contributed by atoms with Crippen molar-refractivity contribution >= 4 is 5.91 Å². The molecule has 0 heterocycles. The Hall–Kier alpha value is -1.51. The van der Waals surface area contributed by atoms with E-state index < -0.39 is 6.10 Å². The van der Waals surface area contributed by atoms with Crippen molar-refractivity contribution in [3.05, 3.63) is 30.3 Å². The lowest BCUT2D eigenvalue weighted by molar-refractivity contribution is -0.126. The van der Waals surface area contributed by atoms with Gasteiger partial charge in [-0.15, -0.1) is 0 Å². The van der Waals surface area contributed by atoms with Crippen molar-refractivity contribution in [2.24, 2.45) is 0 Å². The van der Waals surface area contributed by atoms with E-state index in [0.717, 1.165) is 0 Å². The average Bonchev–Trinajstić information content (AvgIpc) is 2.18. The van der Waals surface area contributed by atoms with E-state index in [0.29, 0.717) is 5.75 Å². The van der Waals surface area contributed by atoms with Crippen molar-refractivity contribution in [1.82, 2.24) is 5.32 Å². The molecule has 0 unspecified atom stereocenters. The van der Waals surface area contributed by atoms with E-state index in [1.54, 1.807) is 14.0 Å². The Morgan fingerprint density at radius 3 is 2.54 bits per heavy atom. The second-order valence-corrected chi connectivity index (χ2v) is 2.69. The molecule has 1 aromatic rings. The predicted molar refractivity (Wildman–Crippen MR) is 50.6 cm³/mol. The molecule has 1 rings (SSSR count). The number of hydrogen-bond donors (Lipinski definition) is 1. The molecule has 13 heavy (non-hydrogen) atoms. The summed E-state index contributed by atoms with van der Waals surface area (Å²) in [6.07, 6.45) is -0.451. The smallest absolute Gasteiger partial charge is 0.260 e. The van der Waals surface area contributed by atoms with Crippen LogP contribution in [-0.4, -0.2) is 19.1 Å². The minimum Gasteiger partial charge on any atom is -0.481 e. The largest absolute Gasteiger partial charge is 0.481 e. The van der Waals surface area contributed by atoms with Crippen LogP contribution < -0.4 is 10.1 Å². The summed E-state index contributed by atoms with van der Waals surface area (Å²) in [5.41, 5.74) is 0. The molecule has 0 aromatic heterocycles. The average molecular weight is 179 g/mol. The second-order valence-electron chi connectivity index (χ2n) is 2.69. The van der Waals surface area contributed by atoms with Crippen LogP contribution in [0.15, 0.2) is 30.3 Å². The fraction of sp³-hybridized carbons (Fsp3) is 0.300. The lowest BCUT2D eigenvalue weighted by Crippen LogP contribution is -2.33. The molecule has 0 saturated carbocycles. The van der Waals surface area contributed by atoms with Crippen LogP contribution in [0.25, 0.3) is 0 Å². The van der Waals surface area contributed by atoms with E-state index in [2.05, 4.69) is 5.32 Å². The lowest BCUT2D eigenvalue weighted by atomic mass is 10.3. The minimum atomic E-state index is -0.451. The molecule has 3 nitrogen and oxygen atoms in total. The number of benzene rings is 1. The Balaban J connectivity index is 2.55. The molecule has 0 aliphatic carbocycles. The molecule has 0 bridgehead atoms. The normalized spacial score (nSPS) is 11.8. The summed E-state index contributed by atoms with van der Waals surface area (Å²) in [7, 11) is 1.59. The monoisotopic (exact) mass is 179 g/mol. The third-order valence-corrected chi connectivity index (χ3v) is 1.67. The molecule has 1 atom stereocenters. The Morgan fingerprint density at radius 1 is 1.38 bits per heavy atom. The Labute approximate surface area is 77.7 Å². The highest BCUT2D eigenvalue weighted by molar-refractivity contribution is 5.80. The van der Waals surface area contributed by atoms with Crippen molar-refractivity contribution in [2.45, 2.75) is 13.0 Å². The molecule has 0 aliphatic heterocycles. The van der Waals surface area contributed by atoms with E-state index in [4.69, 9.17) is 4.74 Å². The Bertz CT molecular complexity index is 272. The molecule has 3 heteroatoms. The fourth-order valence-electron chi connectivity index (χ4n) is 0.960. The van der Waals surface area contributed by atoms with Gasteiger partial charge in [0.05, 0.1) is 0 Å². The summed E-state index contributed by atoms with van der Waals surface area (Å²) in [4.78, 5) is 11.1. The molecule has 0 radical (unpaired) electrons. The number of carbonyl (C=O) groups is 1. The van der Waals surface area contributed by atoms with Gasteiger partial charge < -0.3 is 10.1 Å². The fourth-order valence-corrected chi connectivity index (χ4v) is 0.960. The van der Waals surface area contributed by atoms with E-state index >= 15 is 0 Å². The van der Waals surface area contributed by atoms with E-state index in [1.807, 2.05) is 30.3 Å². The summed E-state index contributed by atoms with van der Waals surface area (Å²) in [6.45, 7) is 1.71. The maximum absolute atomic E-state index is 11.1. The van der Waals surface area contributed by atoms with Crippen LogP contribution in [0.3, 0.4) is 0 Å². The number of para-hydroxylation sites is 1. The van der Waals surface area contributed by atoms with Crippen molar-refractivity contribution < 1.29 is 9.53 Å². The van der Waals surface area contributed by atoms with Gasteiger partial charge in [0.25, 0.3) is 5.91 Å². The Morgan fingerprint density at radius 2 is 2.00 bits per heavy atom. The highest BCUT2D eigenvalue weighted by atomic mass is 16.5. The van der Waals surface area contributed by atoms with Gasteiger partial charge in [0.1, 0.15) is 5.75 Å². The van der Waals surface area contributed by atoms with Gasteiger partial charge in [-0.1, -0.05) is 18.2 Å². The highest BCUT2D eigenvalue weighted by Crippen LogP contribution is 2.10. The predicted octanol–water partition coefficient (Wildman–Crippen LogP) is 1.20. The van der Waals surface area contributed by atoms with Crippen LogP contribution in [0.1, 0.15) is 6.92 Å². The van der Waals surface area contributed by atoms with Gasteiger partial charge in [0, 0.05) is 7.05 Å². The Kier molecular flexibility index (Phi) is 3.31. The topological polar surface area (TPSA) is 38.3 Å². The first kappa shape index (κ1) is 9.58. The van der Waals surface area contributed by atoms with Gasteiger partial charge >= 0.3 is 0 Å². The third kappa shape index (κ3) is 2.78. The van der Waals surface area contributed by atoms with Crippen molar-refractivity contribution in [2.75, 3.05) is 7.05 Å². The minimum absolute atomic E-state index is 0.121. The molecule has 1 N–H and O–H groups in total. The standard InChI is InChI=1S/C10H13NO2/c1-8(10(12)11-2)13-9-6-4-3-5-7-9/h3-8H,1-2H3,(H,11,12)/t8-/m1/s1. The zero-order valence-corrected chi connectivity index (χ0v) is 7.78. The molecular formula is C10H13NO2. The molecule has 0 saturated heterocycles. The van der Waals surface area contributed by atoms with Gasteiger partial charge in [-0.3, -0.25) is 4.79 Å². The van der Waals surface area contributed by atoms with Crippen molar-refractivity contribution in [3.8, 4) is 5.75 Å². The molecule has 1 aromatic carbocycles. The highest BCUT2D eigenvalue weighted by Gasteiger charge is 2.11. The van der Waals surface area contributed by atoms with Crippen LogP contribution >= 0.6 is 0 Å². The molecule has 1 amide bonds. The van der Waals surface area contributed by atoms with Crippen LogP contribution in [0.4, 0.5) is 0 Å².